The molecule has 2 heteroatoms. The molecule has 0 aliphatic heterocycles. The molecule has 0 bridgehead atoms. The maximum Gasteiger partial charge on any atom is 0.0707 e. The lowest BCUT2D eigenvalue weighted by atomic mass is 9.91. The van der Waals surface area contributed by atoms with E-state index in [2.05, 4.69) is 29.2 Å². The number of hydrogen-bond acceptors (Lipinski definition) is 2. The molecule has 1 aromatic carbocycles. The standard InChI is InChI=1S/C12H9NS/c14-10-6-8-2-1-3-11-12(8)9(7-10)4-5-13-11/h1-5H,6-7H2. The first-order chi connectivity index (χ1) is 6.84. The van der Waals surface area contributed by atoms with E-state index in [0.29, 0.717) is 0 Å². The molecule has 0 amide bonds. The van der Waals surface area contributed by atoms with Crippen LogP contribution in [-0.4, -0.2) is 9.85 Å². The van der Waals surface area contributed by atoms with Gasteiger partial charge in [0.25, 0.3) is 0 Å². The lowest BCUT2D eigenvalue weighted by Gasteiger charge is -2.16. The summed E-state index contributed by atoms with van der Waals surface area (Å²) in [6.07, 6.45) is 3.74. The molecule has 0 fully saturated rings. The first-order valence-corrected chi connectivity index (χ1v) is 5.12. The second-order valence-corrected chi connectivity index (χ2v) is 4.25. The van der Waals surface area contributed by atoms with Crippen LogP contribution < -0.4 is 0 Å². The van der Waals surface area contributed by atoms with E-state index in [1.54, 1.807) is 0 Å². The summed E-state index contributed by atoms with van der Waals surface area (Å²) in [7, 11) is 0. The van der Waals surface area contributed by atoms with Crippen LogP contribution in [0.4, 0.5) is 0 Å². The number of nitrogens with zero attached hydrogens (tertiary/aromatic N) is 1. The Morgan fingerprint density at radius 2 is 1.86 bits per heavy atom. The molecule has 0 radical (unpaired) electrons. The molecule has 14 heavy (non-hydrogen) atoms. The van der Waals surface area contributed by atoms with Gasteiger partial charge in [-0.05, 0) is 23.3 Å². The van der Waals surface area contributed by atoms with Crippen molar-refractivity contribution in [1.29, 1.82) is 0 Å². The summed E-state index contributed by atoms with van der Waals surface area (Å²) >= 11 is 5.31. The summed E-state index contributed by atoms with van der Waals surface area (Å²) in [5.41, 5.74) is 3.77. The Morgan fingerprint density at radius 1 is 1.07 bits per heavy atom. The van der Waals surface area contributed by atoms with Crippen LogP contribution in [0, 0.1) is 0 Å². The van der Waals surface area contributed by atoms with Gasteiger partial charge in [-0.1, -0.05) is 24.4 Å². The topological polar surface area (TPSA) is 12.9 Å². The van der Waals surface area contributed by atoms with Crippen LogP contribution in [0.15, 0.2) is 30.5 Å². The number of rotatable bonds is 0. The molecule has 1 aliphatic rings. The normalized spacial score (nSPS) is 14.7. The number of benzene rings is 1. The summed E-state index contributed by atoms with van der Waals surface area (Å²) < 4.78 is 0. The molecule has 0 spiro atoms. The van der Waals surface area contributed by atoms with Gasteiger partial charge < -0.3 is 0 Å². The molecule has 0 unspecified atom stereocenters. The van der Waals surface area contributed by atoms with Gasteiger partial charge in [-0.15, -0.1) is 0 Å². The second-order valence-electron chi connectivity index (χ2n) is 3.67. The third-order valence-electron chi connectivity index (χ3n) is 2.71. The highest BCUT2D eigenvalue weighted by molar-refractivity contribution is 7.80. The SMILES string of the molecule is S=C1Cc2cccc3nccc(c23)C1. The fourth-order valence-corrected chi connectivity index (χ4v) is 2.45. The maximum absolute atomic E-state index is 5.31. The number of hydrogen-bond donors (Lipinski definition) is 0. The first kappa shape index (κ1) is 8.06. The Morgan fingerprint density at radius 3 is 2.71 bits per heavy atom. The minimum atomic E-state index is 0.936. The maximum atomic E-state index is 5.31. The molecule has 1 heterocycles. The van der Waals surface area contributed by atoms with E-state index in [1.807, 2.05) is 6.20 Å². The molecule has 0 saturated heterocycles. The minimum absolute atomic E-state index is 0.936. The van der Waals surface area contributed by atoms with Crippen molar-refractivity contribution in [3.05, 3.63) is 41.6 Å². The molecule has 1 nitrogen and oxygen atoms in total. The lowest BCUT2D eigenvalue weighted by Crippen LogP contribution is -2.11. The van der Waals surface area contributed by atoms with E-state index in [1.165, 1.54) is 16.5 Å². The van der Waals surface area contributed by atoms with E-state index < -0.39 is 0 Å². The van der Waals surface area contributed by atoms with Crippen molar-refractivity contribution in [2.45, 2.75) is 12.8 Å². The molecule has 1 aliphatic carbocycles. The van der Waals surface area contributed by atoms with E-state index in [4.69, 9.17) is 12.2 Å². The van der Waals surface area contributed by atoms with Gasteiger partial charge in [-0.3, -0.25) is 4.98 Å². The highest BCUT2D eigenvalue weighted by Gasteiger charge is 2.15. The zero-order valence-electron chi connectivity index (χ0n) is 7.66. The predicted octanol–water partition coefficient (Wildman–Crippen LogP) is 2.70. The van der Waals surface area contributed by atoms with Crippen LogP contribution in [0.5, 0.6) is 0 Å². The number of aromatic nitrogens is 1. The van der Waals surface area contributed by atoms with E-state index >= 15 is 0 Å². The van der Waals surface area contributed by atoms with Crippen molar-refractivity contribution in [3.63, 3.8) is 0 Å². The smallest absolute Gasteiger partial charge is 0.0707 e. The summed E-state index contributed by atoms with van der Waals surface area (Å²) in [5, 5.41) is 1.32. The summed E-state index contributed by atoms with van der Waals surface area (Å²) in [6, 6.07) is 8.36. The van der Waals surface area contributed by atoms with Gasteiger partial charge in [0, 0.05) is 29.3 Å². The van der Waals surface area contributed by atoms with Gasteiger partial charge in [0.1, 0.15) is 0 Å². The Kier molecular flexibility index (Phi) is 1.64. The summed E-state index contributed by atoms with van der Waals surface area (Å²) in [6.45, 7) is 0. The van der Waals surface area contributed by atoms with Gasteiger partial charge in [-0.25, -0.2) is 0 Å². The fourth-order valence-electron chi connectivity index (χ4n) is 2.14. The number of thiocarbonyl (C=S) groups is 1. The van der Waals surface area contributed by atoms with Crippen molar-refractivity contribution in [3.8, 4) is 0 Å². The Hall–Kier alpha value is -1.28. The molecule has 2 aromatic rings. The Labute approximate surface area is 87.8 Å². The molecule has 0 atom stereocenters. The fraction of sp³-hybridized carbons (Fsp3) is 0.167. The first-order valence-electron chi connectivity index (χ1n) is 4.72. The van der Waals surface area contributed by atoms with Gasteiger partial charge in [0.05, 0.1) is 5.52 Å². The monoisotopic (exact) mass is 199 g/mol. The molecule has 1 aromatic heterocycles. The third-order valence-corrected chi connectivity index (χ3v) is 3.00. The van der Waals surface area contributed by atoms with Gasteiger partial charge >= 0.3 is 0 Å². The average molecular weight is 199 g/mol. The van der Waals surface area contributed by atoms with Crippen LogP contribution in [0.25, 0.3) is 10.9 Å². The molecular weight excluding hydrogens is 190 g/mol. The molecule has 0 N–H and O–H groups in total. The minimum Gasteiger partial charge on any atom is -0.256 e. The van der Waals surface area contributed by atoms with E-state index in [0.717, 1.165) is 23.2 Å². The molecule has 68 valence electrons. The summed E-state index contributed by atoms with van der Waals surface area (Å²) in [4.78, 5) is 5.50. The van der Waals surface area contributed by atoms with Crippen LogP contribution in [-0.2, 0) is 12.8 Å². The number of pyridine rings is 1. The summed E-state index contributed by atoms with van der Waals surface area (Å²) in [5.74, 6) is 0. The lowest BCUT2D eigenvalue weighted by molar-refractivity contribution is 1.21. The second kappa shape index (κ2) is 2.85. The average Bonchev–Trinajstić information content (AvgIpc) is 2.18. The molecule has 0 saturated carbocycles. The van der Waals surface area contributed by atoms with Gasteiger partial charge in [0.2, 0.25) is 0 Å². The zero-order chi connectivity index (χ0) is 9.54. The van der Waals surface area contributed by atoms with Crippen molar-refractivity contribution in [2.75, 3.05) is 0 Å². The predicted molar refractivity (Wildman–Crippen MR) is 61.7 cm³/mol. The molecule has 3 rings (SSSR count). The van der Waals surface area contributed by atoms with E-state index in [9.17, 15) is 0 Å². The Bertz CT molecular complexity index is 488. The van der Waals surface area contributed by atoms with Gasteiger partial charge in [-0.2, -0.15) is 0 Å². The third kappa shape index (κ3) is 1.07. The quantitative estimate of drug-likeness (QED) is 0.605. The zero-order valence-corrected chi connectivity index (χ0v) is 8.47. The van der Waals surface area contributed by atoms with Crippen molar-refractivity contribution >= 4 is 28.0 Å². The van der Waals surface area contributed by atoms with Crippen molar-refractivity contribution in [1.82, 2.24) is 4.98 Å². The van der Waals surface area contributed by atoms with Crippen molar-refractivity contribution < 1.29 is 0 Å². The van der Waals surface area contributed by atoms with Crippen LogP contribution in [0.1, 0.15) is 11.1 Å². The highest BCUT2D eigenvalue weighted by atomic mass is 32.1. The van der Waals surface area contributed by atoms with Crippen LogP contribution in [0.3, 0.4) is 0 Å². The highest BCUT2D eigenvalue weighted by Crippen LogP contribution is 2.27. The van der Waals surface area contributed by atoms with E-state index in [-0.39, 0.29) is 0 Å². The largest absolute Gasteiger partial charge is 0.256 e. The molecular formula is C12H9NS. The van der Waals surface area contributed by atoms with Crippen LogP contribution >= 0.6 is 12.2 Å². The van der Waals surface area contributed by atoms with Crippen molar-refractivity contribution in [2.24, 2.45) is 0 Å². The Balaban J connectivity index is 2.45. The van der Waals surface area contributed by atoms with Gasteiger partial charge in [0.15, 0.2) is 0 Å². The van der Waals surface area contributed by atoms with Crippen LogP contribution in [0.2, 0.25) is 0 Å².